The molecule has 0 aromatic carbocycles. The van der Waals surface area contributed by atoms with Gasteiger partial charge in [-0.2, -0.15) is 5.10 Å². The zero-order chi connectivity index (χ0) is 10.7. The van der Waals surface area contributed by atoms with Crippen molar-refractivity contribution in [2.24, 2.45) is 0 Å². The van der Waals surface area contributed by atoms with Crippen LogP contribution in [0.5, 0.6) is 0 Å². The van der Waals surface area contributed by atoms with Crippen LogP contribution < -0.4 is 5.32 Å². The van der Waals surface area contributed by atoms with E-state index in [0.29, 0.717) is 12.1 Å². The van der Waals surface area contributed by atoms with E-state index in [2.05, 4.69) is 34.4 Å². The van der Waals surface area contributed by atoms with Gasteiger partial charge < -0.3 is 10.2 Å². The fourth-order valence-corrected chi connectivity index (χ4v) is 2.25. The van der Waals surface area contributed by atoms with E-state index in [-0.39, 0.29) is 0 Å². The minimum atomic E-state index is 0.365. The van der Waals surface area contributed by atoms with Crippen LogP contribution in [0.3, 0.4) is 0 Å². The van der Waals surface area contributed by atoms with Crippen LogP contribution in [-0.4, -0.2) is 41.3 Å². The molecule has 2 atom stereocenters. The third-order valence-corrected chi connectivity index (χ3v) is 3.10. The highest BCUT2D eigenvalue weighted by Crippen LogP contribution is 2.14. The standard InChI is InChI=1S/C11H20N4/c1-9(11-5-6-12-14-11)13-10-4-3-7-15(2)8-10/h5-6,9-10,13H,3-4,7-8H2,1-2H3,(H,12,14). The van der Waals surface area contributed by atoms with Gasteiger partial charge in [-0.15, -0.1) is 0 Å². The average Bonchev–Trinajstić information content (AvgIpc) is 2.70. The second kappa shape index (κ2) is 4.77. The summed E-state index contributed by atoms with van der Waals surface area (Å²) in [5, 5.41) is 10.6. The zero-order valence-corrected chi connectivity index (χ0v) is 9.53. The Hall–Kier alpha value is -0.870. The second-order valence-corrected chi connectivity index (χ2v) is 4.50. The maximum absolute atomic E-state index is 3.98. The molecule has 0 saturated carbocycles. The Balaban J connectivity index is 1.86. The maximum Gasteiger partial charge on any atom is 0.0518 e. The zero-order valence-electron chi connectivity index (χ0n) is 9.53. The smallest absolute Gasteiger partial charge is 0.0518 e. The molecule has 1 aromatic rings. The topological polar surface area (TPSA) is 44.0 Å². The molecule has 4 heteroatoms. The number of aromatic amines is 1. The van der Waals surface area contributed by atoms with Crippen molar-refractivity contribution < 1.29 is 0 Å². The first kappa shape index (κ1) is 10.6. The van der Waals surface area contributed by atoms with Crippen molar-refractivity contribution in [1.29, 1.82) is 0 Å². The van der Waals surface area contributed by atoms with Crippen molar-refractivity contribution in [3.05, 3.63) is 18.0 Å². The quantitative estimate of drug-likeness (QED) is 0.783. The van der Waals surface area contributed by atoms with Gasteiger partial charge in [-0.1, -0.05) is 0 Å². The fraction of sp³-hybridized carbons (Fsp3) is 0.727. The summed E-state index contributed by atoms with van der Waals surface area (Å²) in [6, 6.07) is 3.01. The molecule has 2 unspecified atom stereocenters. The molecule has 1 fully saturated rings. The molecular weight excluding hydrogens is 188 g/mol. The van der Waals surface area contributed by atoms with Gasteiger partial charge >= 0.3 is 0 Å². The van der Waals surface area contributed by atoms with Crippen LogP contribution in [0.1, 0.15) is 31.5 Å². The van der Waals surface area contributed by atoms with Crippen molar-refractivity contribution >= 4 is 0 Å². The van der Waals surface area contributed by atoms with Gasteiger partial charge in [0.1, 0.15) is 0 Å². The molecule has 2 heterocycles. The van der Waals surface area contributed by atoms with Crippen LogP contribution in [0.2, 0.25) is 0 Å². The lowest BCUT2D eigenvalue weighted by Gasteiger charge is -2.32. The van der Waals surface area contributed by atoms with Crippen molar-refractivity contribution in [2.75, 3.05) is 20.1 Å². The minimum Gasteiger partial charge on any atom is -0.305 e. The fourth-order valence-electron chi connectivity index (χ4n) is 2.25. The van der Waals surface area contributed by atoms with Crippen molar-refractivity contribution in [3.63, 3.8) is 0 Å². The Morgan fingerprint density at radius 3 is 3.20 bits per heavy atom. The molecule has 4 nitrogen and oxygen atoms in total. The van der Waals surface area contributed by atoms with Gasteiger partial charge in [-0.3, -0.25) is 5.10 Å². The van der Waals surface area contributed by atoms with Gasteiger partial charge in [0.2, 0.25) is 0 Å². The number of nitrogens with zero attached hydrogens (tertiary/aromatic N) is 2. The molecule has 0 spiro atoms. The molecule has 15 heavy (non-hydrogen) atoms. The van der Waals surface area contributed by atoms with E-state index in [0.717, 1.165) is 6.54 Å². The van der Waals surface area contributed by atoms with E-state index in [1.54, 1.807) is 6.20 Å². The highest BCUT2D eigenvalue weighted by Gasteiger charge is 2.19. The predicted molar refractivity (Wildman–Crippen MR) is 60.7 cm³/mol. The lowest BCUT2D eigenvalue weighted by Crippen LogP contribution is -2.44. The van der Waals surface area contributed by atoms with Crippen molar-refractivity contribution in [3.8, 4) is 0 Å². The van der Waals surface area contributed by atoms with E-state index in [1.807, 2.05) is 6.07 Å². The summed E-state index contributed by atoms with van der Waals surface area (Å²) in [6.07, 6.45) is 4.38. The van der Waals surface area contributed by atoms with Crippen LogP contribution in [0, 0.1) is 0 Å². The number of hydrogen-bond donors (Lipinski definition) is 2. The SMILES string of the molecule is CC(NC1CCCN(C)C1)c1ccn[nH]1. The molecule has 0 bridgehead atoms. The first-order chi connectivity index (χ1) is 7.25. The average molecular weight is 208 g/mol. The molecule has 2 rings (SSSR count). The van der Waals surface area contributed by atoms with Crippen LogP contribution in [0.4, 0.5) is 0 Å². The third kappa shape index (κ3) is 2.79. The van der Waals surface area contributed by atoms with Gasteiger partial charge in [0, 0.05) is 24.8 Å². The highest BCUT2D eigenvalue weighted by molar-refractivity contribution is 5.03. The van der Waals surface area contributed by atoms with Crippen LogP contribution in [0.25, 0.3) is 0 Å². The Labute approximate surface area is 91.1 Å². The molecule has 1 saturated heterocycles. The van der Waals surface area contributed by atoms with Crippen LogP contribution in [-0.2, 0) is 0 Å². The second-order valence-electron chi connectivity index (χ2n) is 4.50. The molecule has 1 aliphatic rings. The number of hydrogen-bond acceptors (Lipinski definition) is 3. The maximum atomic E-state index is 3.98. The minimum absolute atomic E-state index is 0.365. The largest absolute Gasteiger partial charge is 0.305 e. The lowest BCUT2D eigenvalue weighted by atomic mass is 10.0. The van der Waals surface area contributed by atoms with Crippen LogP contribution >= 0.6 is 0 Å². The van der Waals surface area contributed by atoms with Gasteiger partial charge in [0.05, 0.1) is 5.69 Å². The lowest BCUT2D eigenvalue weighted by molar-refractivity contribution is 0.218. The molecule has 1 aliphatic heterocycles. The predicted octanol–water partition coefficient (Wildman–Crippen LogP) is 1.15. The molecule has 0 aliphatic carbocycles. The van der Waals surface area contributed by atoms with Gasteiger partial charge in [0.15, 0.2) is 0 Å². The number of likely N-dealkylation sites (tertiary alicyclic amines) is 1. The molecule has 84 valence electrons. The summed E-state index contributed by atoms with van der Waals surface area (Å²) in [6.45, 7) is 4.57. The van der Waals surface area contributed by atoms with Gasteiger partial charge in [-0.05, 0) is 39.4 Å². The number of H-pyrrole nitrogens is 1. The Morgan fingerprint density at radius 1 is 1.67 bits per heavy atom. The van der Waals surface area contributed by atoms with E-state index < -0.39 is 0 Å². The Kier molecular flexibility index (Phi) is 3.38. The van der Waals surface area contributed by atoms with E-state index in [9.17, 15) is 0 Å². The molecular formula is C11H20N4. The van der Waals surface area contributed by atoms with Gasteiger partial charge in [0.25, 0.3) is 0 Å². The normalized spacial score (nSPS) is 25.3. The molecule has 2 N–H and O–H groups in total. The van der Waals surface area contributed by atoms with E-state index >= 15 is 0 Å². The number of piperidine rings is 1. The van der Waals surface area contributed by atoms with Crippen LogP contribution in [0.15, 0.2) is 12.3 Å². The highest BCUT2D eigenvalue weighted by atomic mass is 15.2. The first-order valence-corrected chi connectivity index (χ1v) is 5.69. The van der Waals surface area contributed by atoms with Gasteiger partial charge in [-0.25, -0.2) is 0 Å². The van der Waals surface area contributed by atoms with E-state index in [4.69, 9.17) is 0 Å². The summed E-state index contributed by atoms with van der Waals surface area (Å²) in [5.41, 5.74) is 1.17. The van der Waals surface area contributed by atoms with E-state index in [1.165, 1.54) is 25.1 Å². The summed E-state index contributed by atoms with van der Waals surface area (Å²) in [5.74, 6) is 0. The molecule has 0 amide bonds. The third-order valence-electron chi connectivity index (χ3n) is 3.10. The summed E-state index contributed by atoms with van der Waals surface area (Å²) in [4.78, 5) is 2.39. The molecule has 0 radical (unpaired) electrons. The van der Waals surface area contributed by atoms with Crippen molar-refractivity contribution in [2.45, 2.75) is 31.8 Å². The number of nitrogens with one attached hydrogen (secondary N) is 2. The first-order valence-electron chi connectivity index (χ1n) is 5.69. The monoisotopic (exact) mass is 208 g/mol. The Morgan fingerprint density at radius 2 is 2.53 bits per heavy atom. The number of rotatable bonds is 3. The van der Waals surface area contributed by atoms with Crippen molar-refractivity contribution in [1.82, 2.24) is 20.4 Å². The number of likely N-dealkylation sites (N-methyl/N-ethyl adjacent to an activating group) is 1. The summed E-state index contributed by atoms with van der Waals surface area (Å²) < 4.78 is 0. The molecule has 1 aromatic heterocycles. The summed E-state index contributed by atoms with van der Waals surface area (Å²) in [7, 11) is 2.19. The Bertz CT molecular complexity index is 283. The number of aromatic nitrogens is 2. The summed E-state index contributed by atoms with van der Waals surface area (Å²) >= 11 is 0.